The van der Waals surface area contributed by atoms with E-state index in [0.29, 0.717) is 22.5 Å². The maximum absolute atomic E-state index is 8.68. The van der Waals surface area contributed by atoms with Crippen molar-refractivity contribution in [3.8, 4) is 67.5 Å². The predicted molar refractivity (Wildman–Crippen MR) is 200 cm³/mol. The number of para-hydroxylation sites is 1. The fourth-order valence-electron chi connectivity index (χ4n) is 6.21. The highest BCUT2D eigenvalue weighted by Crippen LogP contribution is 2.38. The van der Waals surface area contributed by atoms with Crippen LogP contribution in [0.15, 0.2) is 180 Å². The first-order valence-electron chi connectivity index (χ1n) is 18.4. The van der Waals surface area contributed by atoms with Gasteiger partial charge in [-0.25, -0.2) is 15.0 Å². The zero-order chi connectivity index (χ0) is 36.9. The van der Waals surface area contributed by atoms with Gasteiger partial charge in [0.25, 0.3) is 0 Å². The van der Waals surface area contributed by atoms with Gasteiger partial charge < -0.3 is 4.42 Å². The van der Waals surface area contributed by atoms with Crippen molar-refractivity contribution in [1.29, 1.82) is 0 Å². The molecule has 0 atom stereocenters. The first-order chi connectivity index (χ1) is 26.3. The van der Waals surface area contributed by atoms with Crippen molar-refractivity contribution >= 4 is 21.9 Å². The zero-order valence-electron chi connectivity index (χ0n) is 31.1. The van der Waals surface area contributed by atoms with Crippen LogP contribution in [0.25, 0.3) is 89.5 Å². The number of hydrogen-bond acceptors (Lipinski definition) is 4. The molecule has 0 amide bonds. The molecule has 4 nitrogen and oxygen atoms in total. The van der Waals surface area contributed by atoms with Gasteiger partial charge in [0.15, 0.2) is 17.5 Å². The predicted octanol–water partition coefficient (Wildman–Crippen LogP) is 11.8. The minimum Gasteiger partial charge on any atom is -0.455 e. The average molecular weight is 633 g/mol. The number of furan rings is 1. The van der Waals surface area contributed by atoms with Crippen LogP contribution in [0.4, 0.5) is 0 Å². The summed E-state index contributed by atoms with van der Waals surface area (Å²) < 4.78 is 48.7. The first kappa shape index (κ1) is 23.6. The molecule has 0 unspecified atom stereocenters. The van der Waals surface area contributed by atoms with Crippen LogP contribution >= 0.6 is 0 Å². The highest BCUT2D eigenvalue weighted by molar-refractivity contribution is 6.10. The van der Waals surface area contributed by atoms with Crippen LogP contribution < -0.4 is 0 Å². The summed E-state index contributed by atoms with van der Waals surface area (Å²) in [5.41, 5.74) is 8.90. The van der Waals surface area contributed by atoms with Gasteiger partial charge >= 0.3 is 0 Å². The second kappa shape index (κ2) is 12.2. The van der Waals surface area contributed by atoms with Crippen molar-refractivity contribution in [1.82, 2.24) is 15.0 Å². The topological polar surface area (TPSA) is 51.8 Å². The summed E-state index contributed by atoms with van der Waals surface area (Å²) in [5.74, 6) is 0.545. The van der Waals surface area contributed by atoms with Crippen molar-refractivity contribution in [2.24, 2.45) is 0 Å². The summed E-state index contributed by atoms with van der Waals surface area (Å²) in [6.07, 6.45) is 0. The SMILES string of the molecule is [2H]c1c([2H])c([2H])c(-c2nc(-c3ccc(-c4ccccc4)cc3)nc(-c3ccc4c(c3)oc3c(-c5cccc(-c6ccccc6)c5)cccc34)n2)c([2H])c1[2H]. The van der Waals surface area contributed by atoms with Gasteiger partial charge in [-0.2, -0.15) is 0 Å². The Morgan fingerprint density at radius 1 is 0.388 bits per heavy atom. The molecular weight excluding hydrogens is 599 g/mol. The van der Waals surface area contributed by atoms with E-state index in [1.165, 1.54) is 0 Å². The quantitative estimate of drug-likeness (QED) is 0.183. The van der Waals surface area contributed by atoms with Gasteiger partial charge in [-0.05, 0) is 46.0 Å². The van der Waals surface area contributed by atoms with E-state index in [2.05, 4.69) is 42.5 Å². The van der Waals surface area contributed by atoms with Crippen molar-refractivity contribution in [2.45, 2.75) is 0 Å². The molecule has 0 aliphatic carbocycles. The van der Waals surface area contributed by atoms with Crippen molar-refractivity contribution in [3.05, 3.63) is 176 Å². The third kappa shape index (κ3) is 5.45. The molecule has 0 N–H and O–H groups in total. The van der Waals surface area contributed by atoms with E-state index in [-0.39, 0.29) is 29.3 Å². The summed E-state index contributed by atoms with van der Waals surface area (Å²) in [6.45, 7) is 0. The maximum atomic E-state index is 8.68. The van der Waals surface area contributed by atoms with Crippen molar-refractivity contribution < 1.29 is 11.3 Å². The molecule has 0 aliphatic heterocycles. The largest absolute Gasteiger partial charge is 0.455 e. The third-order valence-electron chi connectivity index (χ3n) is 8.65. The molecule has 7 aromatic carbocycles. The summed E-state index contributed by atoms with van der Waals surface area (Å²) in [7, 11) is 0. The van der Waals surface area contributed by atoms with Crippen molar-refractivity contribution in [2.75, 3.05) is 0 Å². The molecule has 0 saturated heterocycles. The second-order valence-electron chi connectivity index (χ2n) is 11.7. The van der Waals surface area contributed by atoms with Gasteiger partial charge in [0.1, 0.15) is 11.2 Å². The number of rotatable bonds is 6. The van der Waals surface area contributed by atoms with Crippen LogP contribution in [0.3, 0.4) is 0 Å². The van der Waals surface area contributed by atoms with E-state index in [9.17, 15) is 0 Å². The number of fused-ring (bicyclic) bond motifs is 3. The minimum atomic E-state index is -0.485. The lowest BCUT2D eigenvalue weighted by atomic mass is 9.97. The summed E-state index contributed by atoms with van der Waals surface area (Å²) >= 11 is 0. The Kier molecular flexibility index (Phi) is 5.87. The molecule has 4 heteroatoms. The molecule has 0 saturated carbocycles. The summed E-state index contributed by atoms with van der Waals surface area (Å²) in [5, 5.41) is 1.89. The highest BCUT2D eigenvalue weighted by Gasteiger charge is 2.17. The van der Waals surface area contributed by atoms with Crippen LogP contribution in [-0.4, -0.2) is 15.0 Å². The molecule has 0 fully saturated rings. The standard InChI is InChI=1S/C45H29N3O/c1-4-12-30(13-5-1)32-22-24-34(25-23-32)44-46-43(33-16-8-3-9-17-33)47-45(48-44)37-26-27-39-40-21-11-20-38(42(40)49-41(39)29-37)36-19-10-18-35(28-36)31-14-6-2-7-15-31/h1-29H/i3D,8D,9D,16D,17D. The number of nitrogens with zero attached hydrogens (tertiary/aromatic N) is 3. The Bertz CT molecular complexity index is 2850. The Labute approximate surface area is 291 Å². The monoisotopic (exact) mass is 632 g/mol. The van der Waals surface area contributed by atoms with E-state index >= 15 is 0 Å². The Hall–Kier alpha value is -6.65. The van der Waals surface area contributed by atoms with Crippen LogP contribution in [0.2, 0.25) is 0 Å². The lowest BCUT2D eigenvalue weighted by Gasteiger charge is -2.09. The Morgan fingerprint density at radius 3 is 1.67 bits per heavy atom. The molecule has 230 valence electrons. The number of aromatic nitrogens is 3. The van der Waals surface area contributed by atoms with E-state index in [0.717, 1.165) is 49.7 Å². The van der Waals surface area contributed by atoms with Gasteiger partial charge in [-0.3, -0.25) is 0 Å². The molecule has 0 radical (unpaired) electrons. The zero-order valence-corrected chi connectivity index (χ0v) is 26.1. The molecule has 9 rings (SSSR count). The first-order valence-corrected chi connectivity index (χ1v) is 15.9. The smallest absolute Gasteiger partial charge is 0.164 e. The fraction of sp³-hybridized carbons (Fsp3) is 0. The molecule has 0 bridgehead atoms. The van der Waals surface area contributed by atoms with E-state index in [1.807, 2.05) is 103 Å². The Balaban J connectivity index is 1.19. The summed E-state index contributed by atoms with van der Waals surface area (Å²) in [6, 6.07) is 46.1. The van der Waals surface area contributed by atoms with Gasteiger partial charge in [-0.15, -0.1) is 0 Å². The fourth-order valence-corrected chi connectivity index (χ4v) is 6.21. The minimum absolute atomic E-state index is 0.0237. The van der Waals surface area contributed by atoms with Gasteiger partial charge in [0.05, 0.1) is 6.85 Å². The van der Waals surface area contributed by atoms with Crippen molar-refractivity contribution in [3.63, 3.8) is 0 Å². The lowest BCUT2D eigenvalue weighted by Crippen LogP contribution is -2.00. The third-order valence-corrected chi connectivity index (χ3v) is 8.65. The van der Waals surface area contributed by atoms with Crippen LogP contribution in [0, 0.1) is 0 Å². The molecule has 9 aromatic rings. The van der Waals surface area contributed by atoms with Crippen LogP contribution in [0.1, 0.15) is 6.85 Å². The second-order valence-corrected chi connectivity index (χ2v) is 11.7. The van der Waals surface area contributed by atoms with E-state index in [4.69, 9.17) is 26.2 Å². The highest BCUT2D eigenvalue weighted by atomic mass is 16.3. The summed E-state index contributed by atoms with van der Waals surface area (Å²) in [4.78, 5) is 14.3. The maximum Gasteiger partial charge on any atom is 0.164 e. The lowest BCUT2D eigenvalue weighted by molar-refractivity contribution is 0.670. The van der Waals surface area contributed by atoms with Crippen LogP contribution in [0.5, 0.6) is 0 Å². The van der Waals surface area contributed by atoms with Gasteiger partial charge in [0, 0.05) is 33.0 Å². The Morgan fingerprint density at radius 2 is 0.939 bits per heavy atom. The van der Waals surface area contributed by atoms with Gasteiger partial charge in [-0.1, -0.05) is 158 Å². The molecule has 2 heterocycles. The number of hydrogen-bond donors (Lipinski definition) is 0. The number of benzene rings is 7. The van der Waals surface area contributed by atoms with E-state index < -0.39 is 18.1 Å². The van der Waals surface area contributed by atoms with E-state index in [1.54, 1.807) is 0 Å². The van der Waals surface area contributed by atoms with Crippen LogP contribution in [-0.2, 0) is 0 Å². The molecular formula is C45H29N3O. The normalized spacial score (nSPS) is 12.7. The average Bonchev–Trinajstić information content (AvgIpc) is 3.61. The molecule has 2 aromatic heterocycles. The van der Waals surface area contributed by atoms with Gasteiger partial charge in [0.2, 0.25) is 0 Å². The molecule has 0 spiro atoms. The molecule has 49 heavy (non-hydrogen) atoms. The molecule has 0 aliphatic rings.